The van der Waals surface area contributed by atoms with Crippen molar-refractivity contribution in [3.05, 3.63) is 108 Å². The highest BCUT2D eigenvalue weighted by Crippen LogP contribution is 2.31. The summed E-state index contributed by atoms with van der Waals surface area (Å²) in [4.78, 5) is 36.8. The van der Waals surface area contributed by atoms with Crippen molar-refractivity contribution >= 4 is 23.7 Å². The molecule has 0 bridgehead atoms. The molecule has 38 heavy (non-hydrogen) atoms. The van der Waals surface area contributed by atoms with Crippen molar-refractivity contribution in [2.24, 2.45) is 0 Å². The van der Waals surface area contributed by atoms with Crippen LogP contribution in [0.15, 0.2) is 89.5 Å². The van der Waals surface area contributed by atoms with Crippen LogP contribution in [0.25, 0.3) is 11.3 Å². The first-order valence-electron chi connectivity index (χ1n) is 11.7. The molecule has 1 aromatic heterocycles. The molecule has 194 valence electrons. The summed E-state index contributed by atoms with van der Waals surface area (Å²) in [5.74, 6) is -2.89. The Balaban J connectivity index is 1.43. The molecule has 0 aliphatic heterocycles. The summed E-state index contributed by atoms with van der Waals surface area (Å²) in [6.07, 6.45) is -1.37. The number of anilines is 1. The van der Waals surface area contributed by atoms with E-state index in [-0.39, 0.29) is 23.4 Å². The highest BCUT2D eigenvalue weighted by molar-refractivity contribution is 5.97. The van der Waals surface area contributed by atoms with Crippen LogP contribution in [0, 0.1) is 5.95 Å². The van der Waals surface area contributed by atoms with Gasteiger partial charge in [-0.15, -0.1) is 0 Å². The van der Waals surface area contributed by atoms with E-state index in [0.29, 0.717) is 5.56 Å². The molecule has 9 nitrogen and oxygen atoms in total. The highest BCUT2D eigenvalue weighted by atomic mass is 19.1. The molecule has 0 fully saturated rings. The minimum atomic E-state index is -1.17. The van der Waals surface area contributed by atoms with Gasteiger partial charge in [-0.2, -0.15) is 4.39 Å². The topological polar surface area (TPSA) is 131 Å². The molecule has 10 heteroatoms. The van der Waals surface area contributed by atoms with Gasteiger partial charge in [-0.25, -0.2) is 9.59 Å². The van der Waals surface area contributed by atoms with E-state index in [1.165, 1.54) is 24.3 Å². The molecule has 0 saturated heterocycles. The molecule has 2 amide bonds. The van der Waals surface area contributed by atoms with Crippen molar-refractivity contribution < 1.29 is 33.1 Å². The maximum atomic E-state index is 14.3. The molecular formula is C28H24FN3O6. The van der Waals surface area contributed by atoms with Gasteiger partial charge in [0.05, 0.1) is 0 Å². The van der Waals surface area contributed by atoms with Crippen molar-refractivity contribution in [2.45, 2.75) is 25.5 Å². The standard InChI is InChI=1S/C28H24FN3O6/c1-17(19-10-6-3-7-11-19)37-28(36)31-23-24(38-32-25(23)29)20-12-14-21(15-13-20)26(33)30-22(27(34)35)16-18-8-4-2-5-9-18/h2-15,17,22H,16H2,1H3,(H,30,33)(H,31,36)(H,34,35). The second-order valence-electron chi connectivity index (χ2n) is 8.39. The number of hydrogen-bond donors (Lipinski definition) is 3. The second kappa shape index (κ2) is 11.8. The van der Waals surface area contributed by atoms with Crippen LogP contribution in [-0.2, 0) is 16.0 Å². The van der Waals surface area contributed by atoms with E-state index in [1.807, 2.05) is 12.1 Å². The lowest BCUT2D eigenvalue weighted by atomic mass is 10.0. The van der Waals surface area contributed by atoms with E-state index < -0.39 is 36.1 Å². The van der Waals surface area contributed by atoms with Gasteiger partial charge in [-0.1, -0.05) is 72.8 Å². The lowest BCUT2D eigenvalue weighted by Crippen LogP contribution is -2.42. The van der Waals surface area contributed by atoms with E-state index in [1.54, 1.807) is 55.5 Å². The number of nitrogens with one attached hydrogen (secondary N) is 2. The fraction of sp³-hybridized carbons (Fsp3) is 0.143. The monoisotopic (exact) mass is 517 g/mol. The van der Waals surface area contributed by atoms with Crippen LogP contribution in [0.2, 0.25) is 0 Å². The fourth-order valence-electron chi connectivity index (χ4n) is 3.72. The molecule has 0 radical (unpaired) electrons. The van der Waals surface area contributed by atoms with Crippen molar-refractivity contribution in [1.82, 2.24) is 10.5 Å². The van der Waals surface area contributed by atoms with E-state index in [2.05, 4.69) is 15.8 Å². The lowest BCUT2D eigenvalue weighted by Gasteiger charge is -2.15. The number of carbonyl (C=O) groups is 3. The summed E-state index contributed by atoms with van der Waals surface area (Å²) in [5.41, 5.74) is 1.71. The zero-order valence-electron chi connectivity index (χ0n) is 20.3. The summed E-state index contributed by atoms with van der Waals surface area (Å²) in [5, 5.41) is 17.6. The van der Waals surface area contributed by atoms with Gasteiger partial charge in [-0.3, -0.25) is 10.1 Å². The van der Waals surface area contributed by atoms with E-state index in [4.69, 9.17) is 9.26 Å². The number of carbonyl (C=O) groups excluding carboxylic acids is 2. The van der Waals surface area contributed by atoms with Gasteiger partial charge in [0.2, 0.25) is 0 Å². The fourth-order valence-corrected chi connectivity index (χ4v) is 3.72. The molecule has 4 aromatic rings. The first-order chi connectivity index (χ1) is 18.3. The average Bonchev–Trinajstić information content (AvgIpc) is 3.28. The Morgan fingerprint density at radius 3 is 2.24 bits per heavy atom. The summed E-state index contributed by atoms with van der Waals surface area (Å²) in [6, 6.07) is 22.6. The maximum Gasteiger partial charge on any atom is 0.412 e. The van der Waals surface area contributed by atoms with Crippen molar-refractivity contribution in [3.63, 3.8) is 0 Å². The van der Waals surface area contributed by atoms with E-state index >= 15 is 0 Å². The number of hydrogen-bond acceptors (Lipinski definition) is 6. The van der Waals surface area contributed by atoms with Crippen LogP contribution >= 0.6 is 0 Å². The average molecular weight is 518 g/mol. The Bertz CT molecular complexity index is 1410. The van der Waals surface area contributed by atoms with Crippen molar-refractivity contribution in [2.75, 3.05) is 5.32 Å². The highest BCUT2D eigenvalue weighted by Gasteiger charge is 2.24. The van der Waals surface area contributed by atoms with Crippen LogP contribution < -0.4 is 10.6 Å². The molecule has 1 heterocycles. The molecule has 3 aromatic carbocycles. The van der Waals surface area contributed by atoms with Crippen molar-refractivity contribution in [3.8, 4) is 11.3 Å². The normalized spacial score (nSPS) is 12.3. The Labute approximate surface area is 217 Å². The molecule has 3 N–H and O–H groups in total. The number of amides is 2. The lowest BCUT2D eigenvalue weighted by molar-refractivity contribution is -0.139. The second-order valence-corrected chi connectivity index (χ2v) is 8.39. The Hall–Kier alpha value is -4.99. The molecule has 0 aliphatic carbocycles. The molecule has 0 aliphatic rings. The zero-order chi connectivity index (χ0) is 27.1. The summed E-state index contributed by atoms with van der Waals surface area (Å²) >= 11 is 0. The number of carboxylic acid groups (broad SMARTS) is 1. The van der Waals surface area contributed by atoms with Gasteiger partial charge >= 0.3 is 12.1 Å². The largest absolute Gasteiger partial charge is 0.480 e. The minimum Gasteiger partial charge on any atom is -0.480 e. The number of ether oxygens (including phenoxy) is 1. The first-order valence-corrected chi connectivity index (χ1v) is 11.7. The SMILES string of the molecule is CC(OC(=O)Nc1c(F)noc1-c1ccc(C(=O)NC(Cc2ccccc2)C(=O)O)cc1)c1ccccc1. The Morgan fingerprint density at radius 1 is 0.974 bits per heavy atom. The number of rotatable bonds is 9. The van der Waals surface area contributed by atoms with Gasteiger partial charge in [-0.05, 0) is 35.3 Å². The van der Waals surface area contributed by atoms with Gasteiger partial charge in [0.15, 0.2) is 5.76 Å². The maximum absolute atomic E-state index is 14.3. The zero-order valence-corrected chi connectivity index (χ0v) is 20.3. The molecule has 2 atom stereocenters. The first kappa shape index (κ1) is 26.1. The van der Waals surface area contributed by atoms with Crippen molar-refractivity contribution in [1.29, 1.82) is 0 Å². The van der Waals surface area contributed by atoms with Gasteiger partial charge in [0, 0.05) is 17.5 Å². The summed E-state index contributed by atoms with van der Waals surface area (Å²) in [7, 11) is 0. The smallest absolute Gasteiger partial charge is 0.412 e. The number of halogens is 1. The third-order valence-corrected chi connectivity index (χ3v) is 5.73. The van der Waals surface area contributed by atoms with E-state index in [0.717, 1.165) is 11.1 Å². The summed E-state index contributed by atoms with van der Waals surface area (Å²) in [6.45, 7) is 1.68. The van der Waals surface area contributed by atoms with Gasteiger partial charge in [0.25, 0.3) is 11.9 Å². The third kappa shape index (κ3) is 6.41. The summed E-state index contributed by atoms with van der Waals surface area (Å²) < 4.78 is 24.7. The molecule has 2 unspecified atom stereocenters. The van der Waals surface area contributed by atoms with Crippen LogP contribution in [0.1, 0.15) is 34.5 Å². The predicted octanol–water partition coefficient (Wildman–Crippen LogP) is 5.22. The van der Waals surface area contributed by atoms with Gasteiger partial charge in [0.1, 0.15) is 17.8 Å². The number of benzene rings is 3. The number of carboxylic acids is 1. The number of aromatic nitrogens is 1. The Morgan fingerprint density at radius 2 is 1.61 bits per heavy atom. The number of nitrogens with zero attached hydrogens (tertiary/aromatic N) is 1. The molecule has 0 spiro atoms. The quantitative estimate of drug-likeness (QED) is 0.278. The third-order valence-electron chi connectivity index (χ3n) is 5.73. The van der Waals surface area contributed by atoms with E-state index in [9.17, 15) is 23.9 Å². The molecule has 0 saturated carbocycles. The predicted molar refractivity (Wildman–Crippen MR) is 136 cm³/mol. The number of aliphatic carboxylic acids is 1. The van der Waals surface area contributed by atoms with Crippen LogP contribution in [0.3, 0.4) is 0 Å². The van der Waals surface area contributed by atoms with Crippen LogP contribution in [0.4, 0.5) is 14.9 Å². The minimum absolute atomic E-state index is 0.0775. The van der Waals surface area contributed by atoms with Crippen LogP contribution in [-0.4, -0.2) is 34.3 Å². The molecular weight excluding hydrogens is 493 g/mol. The molecule has 4 rings (SSSR count). The van der Waals surface area contributed by atoms with Gasteiger partial charge < -0.3 is 19.7 Å². The Kier molecular flexibility index (Phi) is 8.12. The van der Waals surface area contributed by atoms with Crippen LogP contribution in [0.5, 0.6) is 0 Å².